The highest BCUT2D eigenvalue weighted by Gasteiger charge is 2.55. The summed E-state index contributed by atoms with van der Waals surface area (Å²) >= 11 is 0. The zero-order valence-corrected chi connectivity index (χ0v) is 25.2. The van der Waals surface area contributed by atoms with Crippen LogP contribution >= 0.6 is 8.53 Å². The maximum absolute atomic E-state index is 12.9. The summed E-state index contributed by atoms with van der Waals surface area (Å²) < 4.78 is 23.8. The minimum atomic E-state index is -1.34. The van der Waals surface area contributed by atoms with Crippen molar-refractivity contribution in [3.63, 3.8) is 0 Å². The van der Waals surface area contributed by atoms with Crippen LogP contribution in [-0.2, 0) is 24.2 Å². The van der Waals surface area contributed by atoms with Crippen molar-refractivity contribution in [3.8, 4) is 0 Å². The second-order valence-corrected chi connectivity index (χ2v) is 13.3. The van der Waals surface area contributed by atoms with Crippen LogP contribution in [0.1, 0.15) is 84.4 Å². The third-order valence-electron chi connectivity index (χ3n) is 8.66. The Balaban J connectivity index is 1.33. The van der Waals surface area contributed by atoms with E-state index in [1.807, 2.05) is 6.07 Å². The highest BCUT2D eigenvalue weighted by Crippen LogP contribution is 2.63. The predicted octanol–water partition coefficient (Wildman–Crippen LogP) is 5.97. The van der Waals surface area contributed by atoms with Gasteiger partial charge in [0.2, 0.25) is 5.91 Å². The number of benzene rings is 1. The number of anilines is 1. The molecule has 10 heteroatoms. The average molecular weight is 571 g/mol. The number of nitrogens with one attached hydrogen (secondary N) is 1. The number of carbonyl (C=O) groups is 1. The van der Waals surface area contributed by atoms with E-state index in [0.717, 1.165) is 6.42 Å². The van der Waals surface area contributed by atoms with E-state index in [9.17, 15) is 9.59 Å². The molecule has 1 aliphatic carbocycles. The van der Waals surface area contributed by atoms with Gasteiger partial charge in [0, 0.05) is 18.5 Å². The lowest BCUT2D eigenvalue weighted by atomic mass is 9.75. The number of amides is 1. The fourth-order valence-corrected chi connectivity index (χ4v) is 8.39. The topological polar surface area (TPSA) is 94.9 Å². The van der Waals surface area contributed by atoms with Gasteiger partial charge < -0.3 is 19.1 Å². The number of rotatable bonds is 8. The SMILES string of the molecule is CC[C@H]1O[C@@H](n2ccc(NC(=O)C(C)C)nc2=O)CC1OP1O[C@@](C)(c2ccccc2)[C@H](C2CCCCC2)N1C. The van der Waals surface area contributed by atoms with Crippen molar-refractivity contribution in [2.75, 3.05) is 12.4 Å². The van der Waals surface area contributed by atoms with Crippen molar-refractivity contribution < 1.29 is 18.6 Å². The minimum absolute atomic E-state index is 0.173. The summed E-state index contributed by atoms with van der Waals surface area (Å²) in [5.74, 6) is 0.411. The molecule has 5 rings (SSSR count). The molecule has 0 radical (unpaired) electrons. The molecule has 3 aliphatic rings. The molecule has 1 saturated carbocycles. The van der Waals surface area contributed by atoms with Crippen LogP contribution in [-0.4, -0.2) is 45.4 Å². The van der Waals surface area contributed by atoms with Gasteiger partial charge in [0.25, 0.3) is 8.53 Å². The molecule has 0 spiro atoms. The highest BCUT2D eigenvalue weighted by molar-refractivity contribution is 7.44. The van der Waals surface area contributed by atoms with Crippen LogP contribution in [0.4, 0.5) is 5.82 Å². The van der Waals surface area contributed by atoms with Crippen molar-refractivity contribution in [3.05, 3.63) is 58.6 Å². The molecule has 1 amide bonds. The van der Waals surface area contributed by atoms with Crippen LogP contribution in [0, 0.1) is 11.8 Å². The summed E-state index contributed by atoms with van der Waals surface area (Å²) in [7, 11) is 0.805. The van der Waals surface area contributed by atoms with Crippen molar-refractivity contribution in [2.45, 2.75) is 103 Å². The predicted molar refractivity (Wildman–Crippen MR) is 156 cm³/mol. The third kappa shape index (κ3) is 5.90. The molecule has 3 fully saturated rings. The van der Waals surface area contributed by atoms with Crippen molar-refractivity contribution in [2.24, 2.45) is 11.8 Å². The number of hydrogen-bond donors (Lipinski definition) is 1. The summed E-state index contributed by atoms with van der Waals surface area (Å²) in [6.45, 7) is 7.88. The van der Waals surface area contributed by atoms with E-state index in [1.54, 1.807) is 26.1 Å². The molecular formula is C30H43N4O5P. The highest BCUT2D eigenvalue weighted by atomic mass is 31.2. The Morgan fingerprint density at radius 1 is 1.20 bits per heavy atom. The first-order valence-corrected chi connectivity index (χ1v) is 15.8. The molecule has 2 aliphatic heterocycles. The Bertz CT molecular complexity index is 1220. The largest absolute Gasteiger partial charge is 0.352 e. The molecule has 40 heavy (non-hydrogen) atoms. The second-order valence-electron chi connectivity index (χ2n) is 11.8. The number of hydrogen-bond acceptors (Lipinski definition) is 7. The lowest BCUT2D eigenvalue weighted by molar-refractivity contribution is -0.118. The maximum Gasteiger partial charge on any atom is 0.351 e. The van der Waals surface area contributed by atoms with E-state index in [1.165, 1.54) is 42.2 Å². The summed E-state index contributed by atoms with van der Waals surface area (Å²) in [4.78, 5) is 29.0. The van der Waals surface area contributed by atoms with Gasteiger partial charge in [-0.15, -0.1) is 0 Å². The van der Waals surface area contributed by atoms with Crippen LogP contribution in [0.15, 0.2) is 47.4 Å². The van der Waals surface area contributed by atoms with Gasteiger partial charge in [0.15, 0.2) is 0 Å². The molecule has 2 unspecified atom stereocenters. The molecule has 9 nitrogen and oxygen atoms in total. The Kier molecular flexibility index (Phi) is 9.08. The van der Waals surface area contributed by atoms with Crippen LogP contribution in [0.25, 0.3) is 0 Å². The molecule has 1 aromatic carbocycles. The first-order chi connectivity index (χ1) is 19.2. The zero-order chi connectivity index (χ0) is 28.4. The van der Waals surface area contributed by atoms with E-state index in [4.69, 9.17) is 13.8 Å². The van der Waals surface area contributed by atoms with Gasteiger partial charge in [-0.05, 0) is 50.8 Å². The number of ether oxygens (including phenoxy) is 1. The zero-order valence-electron chi connectivity index (χ0n) is 24.3. The smallest absolute Gasteiger partial charge is 0.351 e. The van der Waals surface area contributed by atoms with Gasteiger partial charge in [-0.25, -0.2) is 9.46 Å². The summed E-state index contributed by atoms with van der Waals surface area (Å²) in [5, 5.41) is 2.69. The fourth-order valence-electron chi connectivity index (χ4n) is 6.46. The summed E-state index contributed by atoms with van der Waals surface area (Å²) in [6.07, 6.45) is 8.26. The van der Waals surface area contributed by atoms with Gasteiger partial charge >= 0.3 is 5.69 Å². The lowest BCUT2D eigenvalue weighted by Gasteiger charge is -2.39. The van der Waals surface area contributed by atoms with E-state index in [-0.39, 0.29) is 35.9 Å². The Labute approximate surface area is 238 Å². The van der Waals surface area contributed by atoms with Gasteiger partial charge in [-0.2, -0.15) is 4.98 Å². The molecule has 2 aromatic rings. The number of carbonyl (C=O) groups excluding carboxylic acids is 1. The van der Waals surface area contributed by atoms with Crippen LogP contribution in [0.5, 0.6) is 0 Å². The standard InChI is InChI=1S/C30H43N4O5P/c1-6-23-24(19-26(37-23)34-18-17-25(32-29(34)36)31-28(35)20(2)3)38-40-33(5)27(21-13-9-7-10-14-21)30(4,39-40)22-15-11-8-12-16-22/h8,11-12,15-18,20-21,23-24,26-27H,6-7,9-10,13-14,19H2,1-5H3,(H,31,32,35,36)/t23-,24?,26-,27+,30+,40?/m1/s1. The molecule has 2 saturated heterocycles. The number of aromatic nitrogens is 2. The summed E-state index contributed by atoms with van der Waals surface area (Å²) in [6, 6.07) is 12.4. The quantitative estimate of drug-likeness (QED) is 0.391. The van der Waals surface area contributed by atoms with E-state index >= 15 is 0 Å². The van der Waals surface area contributed by atoms with Crippen LogP contribution in [0.2, 0.25) is 0 Å². The maximum atomic E-state index is 12.9. The minimum Gasteiger partial charge on any atom is -0.352 e. The Morgan fingerprint density at radius 2 is 1.93 bits per heavy atom. The molecule has 0 bridgehead atoms. The number of nitrogens with zero attached hydrogens (tertiary/aromatic N) is 3. The van der Waals surface area contributed by atoms with Crippen molar-refractivity contribution in [1.29, 1.82) is 0 Å². The first-order valence-electron chi connectivity index (χ1n) is 14.7. The third-order valence-corrected chi connectivity index (χ3v) is 10.4. The van der Waals surface area contributed by atoms with E-state index < -0.39 is 26.0 Å². The molecule has 1 aromatic heterocycles. The monoisotopic (exact) mass is 570 g/mol. The van der Waals surface area contributed by atoms with Crippen molar-refractivity contribution >= 4 is 20.3 Å². The van der Waals surface area contributed by atoms with Crippen LogP contribution < -0.4 is 11.0 Å². The average Bonchev–Trinajstić information content (AvgIpc) is 3.47. The Hall–Kier alpha value is -2.16. The molecule has 6 atom stereocenters. The normalized spacial score (nSPS) is 31.6. The molecular weight excluding hydrogens is 527 g/mol. The van der Waals surface area contributed by atoms with Crippen LogP contribution in [0.3, 0.4) is 0 Å². The molecule has 3 heterocycles. The molecule has 218 valence electrons. The van der Waals surface area contributed by atoms with Gasteiger partial charge in [0.1, 0.15) is 17.6 Å². The first kappa shape index (κ1) is 29.3. The van der Waals surface area contributed by atoms with E-state index in [2.05, 4.69) is 60.1 Å². The second kappa shape index (κ2) is 12.4. The lowest BCUT2D eigenvalue weighted by Crippen LogP contribution is -2.45. The van der Waals surface area contributed by atoms with Crippen molar-refractivity contribution in [1.82, 2.24) is 14.2 Å². The van der Waals surface area contributed by atoms with E-state index in [0.29, 0.717) is 12.3 Å². The van der Waals surface area contributed by atoms with Gasteiger partial charge in [-0.1, -0.05) is 70.4 Å². The molecule has 1 N–H and O–H groups in total. The Morgan fingerprint density at radius 3 is 2.58 bits per heavy atom. The fraction of sp³-hybridized carbons (Fsp3) is 0.633. The number of likely N-dealkylation sites (N-methyl/N-ethyl adjacent to an activating group) is 1. The van der Waals surface area contributed by atoms with Gasteiger partial charge in [0.05, 0.1) is 18.2 Å². The van der Waals surface area contributed by atoms with Gasteiger partial charge in [-0.3, -0.25) is 9.36 Å². The summed E-state index contributed by atoms with van der Waals surface area (Å²) in [5.41, 5.74) is 0.249.